The monoisotopic (exact) mass is 240 g/mol. The van der Waals surface area contributed by atoms with E-state index in [4.69, 9.17) is 0 Å². The van der Waals surface area contributed by atoms with Crippen molar-refractivity contribution in [2.45, 2.75) is 72.9 Å². The molecule has 0 spiro atoms. The third-order valence-electron chi connectivity index (χ3n) is 1.68. The zero-order valence-corrected chi connectivity index (χ0v) is 12.6. The average Bonchev–Trinajstić information content (AvgIpc) is 2.09. The zero-order chi connectivity index (χ0) is 13.7. The van der Waals surface area contributed by atoms with Crippen LogP contribution in [0.2, 0.25) is 0 Å². The Hall–Kier alpha value is -1.06. The van der Waals surface area contributed by atoms with E-state index in [1.54, 1.807) is 0 Å². The van der Waals surface area contributed by atoms with Crippen LogP contribution in [0.5, 0.6) is 0 Å². The Balaban J connectivity index is 4.25. The summed E-state index contributed by atoms with van der Waals surface area (Å²) >= 11 is 0. The Morgan fingerprint density at radius 3 is 1.29 bits per heavy atom. The van der Waals surface area contributed by atoms with E-state index in [0.29, 0.717) is 0 Å². The van der Waals surface area contributed by atoms with Crippen LogP contribution in [0.25, 0.3) is 0 Å². The van der Waals surface area contributed by atoms with Gasteiger partial charge in [-0.1, -0.05) is 0 Å². The van der Waals surface area contributed by atoms with E-state index in [1.807, 2.05) is 13.8 Å². The van der Waals surface area contributed by atoms with Crippen LogP contribution in [0.1, 0.15) is 61.8 Å². The Morgan fingerprint density at radius 1 is 0.765 bits per heavy atom. The Bertz CT molecular complexity index is 260. The van der Waals surface area contributed by atoms with E-state index >= 15 is 0 Å². The largest absolute Gasteiger partial charge is 0.305 e. The van der Waals surface area contributed by atoms with Gasteiger partial charge in [0.15, 0.2) is 0 Å². The number of nitrogens with zero attached hydrogens (tertiary/aromatic N) is 2. The molecule has 0 aromatic heterocycles. The van der Waals surface area contributed by atoms with Crippen molar-refractivity contribution in [1.82, 2.24) is 10.9 Å². The van der Waals surface area contributed by atoms with Crippen molar-refractivity contribution in [3.05, 3.63) is 0 Å². The van der Waals surface area contributed by atoms with Gasteiger partial charge >= 0.3 is 0 Å². The first-order valence-corrected chi connectivity index (χ1v) is 6.10. The summed E-state index contributed by atoms with van der Waals surface area (Å²) < 4.78 is 0. The summed E-state index contributed by atoms with van der Waals surface area (Å²) in [7, 11) is 0. The fraction of sp³-hybridized carbons (Fsp3) is 0.846. The van der Waals surface area contributed by atoms with Gasteiger partial charge in [0, 0.05) is 28.9 Å². The third-order valence-corrected chi connectivity index (χ3v) is 1.68. The minimum atomic E-state index is 0.00989. The van der Waals surface area contributed by atoms with Crippen LogP contribution in [-0.2, 0) is 0 Å². The molecule has 4 heteroatoms. The first kappa shape index (κ1) is 15.9. The highest BCUT2D eigenvalue weighted by atomic mass is 15.3. The molecule has 0 fully saturated rings. The van der Waals surface area contributed by atoms with Crippen molar-refractivity contribution < 1.29 is 0 Å². The van der Waals surface area contributed by atoms with Crippen LogP contribution >= 0.6 is 0 Å². The molecule has 0 unspecified atom stereocenters. The Kier molecular flexibility index (Phi) is 5.66. The van der Waals surface area contributed by atoms with Crippen LogP contribution in [0.15, 0.2) is 10.2 Å². The third kappa shape index (κ3) is 11.2. The SMILES string of the molecule is CC(CC(C)=NNC(C)(C)C)=NNC(C)(C)C. The molecule has 0 radical (unpaired) electrons. The molecule has 0 rings (SSSR count). The van der Waals surface area contributed by atoms with Crippen molar-refractivity contribution in [1.29, 1.82) is 0 Å². The highest BCUT2D eigenvalue weighted by Gasteiger charge is 2.08. The minimum absolute atomic E-state index is 0.00989. The van der Waals surface area contributed by atoms with Gasteiger partial charge in [-0.25, -0.2) is 0 Å². The molecule has 0 heterocycles. The van der Waals surface area contributed by atoms with E-state index in [0.717, 1.165) is 17.8 Å². The summed E-state index contributed by atoms with van der Waals surface area (Å²) in [5.74, 6) is 0. The fourth-order valence-electron chi connectivity index (χ4n) is 0.976. The van der Waals surface area contributed by atoms with E-state index in [-0.39, 0.29) is 11.1 Å². The average molecular weight is 240 g/mol. The van der Waals surface area contributed by atoms with Gasteiger partial charge in [-0.05, 0) is 55.4 Å². The Morgan fingerprint density at radius 2 is 1.06 bits per heavy atom. The zero-order valence-electron chi connectivity index (χ0n) is 12.6. The van der Waals surface area contributed by atoms with Gasteiger partial charge in [-0.3, -0.25) is 0 Å². The lowest BCUT2D eigenvalue weighted by molar-refractivity contribution is 0.439. The molecule has 0 saturated carbocycles. The van der Waals surface area contributed by atoms with Crippen LogP contribution in [0, 0.1) is 0 Å². The maximum absolute atomic E-state index is 4.34. The second kappa shape index (κ2) is 6.03. The van der Waals surface area contributed by atoms with Gasteiger partial charge in [-0.15, -0.1) is 0 Å². The number of hydrazone groups is 2. The van der Waals surface area contributed by atoms with Gasteiger partial charge < -0.3 is 10.9 Å². The van der Waals surface area contributed by atoms with Crippen LogP contribution in [0.4, 0.5) is 0 Å². The summed E-state index contributed by atoms with van der Waals surface area (Å²) in [5, 5.41) is 8.68. The molecular formula is C13H28N4. The molecule has 4 nitrogen and oxygen atoms in total. The molecule has 0 aromatic rings. The highest BCUT2D eigenvalue weighted by Crippen LogP contribution is 2.01. The van der Waals surface area contributed by atoms with Crippen molar-refractivity contribution in [3.63, 3.8) is 0 Å². The lowest BCUT2D eigenvalue weighted by Crippen LogP contribution is -2.33. The molecule has 0 aliphatic rings. The molecule has 17 heavy (non-hydrogen) atoms. The predicted molar refractivity (Wildman–Crippen MR) is 76.6 cm³/mol. The van der Waals surface area contributed by atoms with Crippen molar-refractivity contribution >= 4 is 11.4 Å². The number of hydrogen-bond acceptors (Lipinski definition) is 4. The molecule has 0 saturated heterocycles. The fourth-order valence-corrected chi connectivity index (χ4v) is 0.976. The van der Waals surface area contributed by atoms with Crippen LogP contribution in [0.3, 0.4) is 0 Å². The van der Waals surface area contributed by atoms with Crippen LogP contribution in [-0.4, -0.2) is 22.5 Å². The summed E-state index contributed by atoms with van der Waals surface area (Å²) in [6, 6.07) is 0. The first-order chi connectivity index (χ1) is 7.49. The van der Waals surface area contributed by atoms with Gasteiger partial charge in [0.1, 0.15) is 0 Å². The second-order valence-corrected chi connectivity index (χ2v) is 6.59. The lowest BCUT2D eigenvalue weighted by Gasteiger charge is -2.19. The van der Waals surface area contributed by atoms with E-state index < -0.39 is 0 Å². The number of hydrogen-bond donors (Lipinski definition) is 2. The molecule has 0 bridgehead atoms. The summed E-state index contributed by atoms with van der Waals surface area (Å²) in [4.78, 5) is 0. The predicted octanol–water partition coefficient (Wildman–Crippen LogP) is 2.90. The van der Waals surface area contributed by atoms with E-state index in [9.17, 15) is 0 Å². The summed E-state index contributed by atoms with van der Waals surface area (Å²) in [5.41, 5.74) is 8.32. The van der Waals surface area contributed by atoms with E-state index in [2.05, 4.69) is 62.6 Å². The molecule has 0 amide bonds. The standard InChI is InChI=1S/C13H28N4/c1-10(14-16-12(3,4)5)9-11(2)15-17-13(6,7)8/h16-17H,9H2,1-8H3. The number of nitrogens with one attached hydrogen (secondary N) is 2. The molecule has 0 atom stereocenters. The highest BCUT2D eigenvalue weighted by molar-refractivity contribution is 6.02. The smallest absolute Gasteiger partial charge is 0.0464 e. The summed E-state index contributed by atoms with van der Waals surface area (Å²) in [6.45, 7) is 16.6. The maximum Gasteiger partial charge on any atom is 0.0464 e. The number of rotatable bonds is 4. The van der Waals surface area contributed by atoms with Crippen LogP contribution < -0.4 is 10.9 Å². The van der Waals surface area contributed by atoms with Gasteiger partial charge in [0.25, 0.3) is 0 Å². The van der Waals surface area contributed by atoms with Crippen molar-refractivity contribution in [2.75, 3.05) is 0 Å². The molecule has 100 valence electrons. The molecular weight excluding hydrogens is 212 g/mol. The van der Waals surface area contributed by atoms with Gasteiger partial charge in [0.2, 0.25) is 0 Å². The lowest BCUT2D eigenvalue weighted by atomic mass is 10.1. The second-order valence-electron chi connectivity index (χ2n) is 6.59. The molecule has 2 N–H and O–H groups in total. The van der Waals surface area contributed by atoms with Crippen molar-refractivity contribution in [2.24, 2.45) is 10.2 Å². The summed E-state index contributed by atoms with van der Waals surface area (Å²) in [6.07, 6.45) is 0.784. The maximum atomic E-state index is 4.34. The van der Waals surface area contributed by atoms with Gasteiger partial charge in [-0.2, -0.15) is 10.2 Å². The molecule has 0 aliphatic heterocycles. The molecule has 0 aromatic carbocycles. The van der Waals surface area contributed by atoms with E-state index in [1.165, 1.54) is 0 Å². The first-order valence-electron chi connectivity index (χ1n) is 6.10. The topological polar surface area (TPSA) is 48.8 Å². The van der Waals surface area contributed by atoms with Gasteiger partial charge in [0.05, 0.1) is 0 Å². The quantitative estimate of drug-likeness (QED) is 0.586. The molecule has 0 aliphatic carbocycles. The normalized spacial score (nSPS) is 14.8. The van der Waals surface area contributed by atoms with Crippen molar-refractivity contribution in [3.8, 4) is 0 Å². The minimum Gasteiger partial charge on any atom is -0.305 e. The Labute approximate surface area is 106 Å².